The molecule has 2 aliphatic rings. The molecule has 1 aliphatic carbocycles. The molecule has 3 aromatic rings. The van der Waals surface area contributed by atoms with E-state index in [-0.39, 0.29) is 5.56 Å². The third-order valence-electron chi connectivity index (χ3n) is 6.74. The van der Waals surface area contributed by atoms with Crippen molar-refractivity contribution in [3.05, 3.63) is 75.6 Å². The van der Waals surface area contributed by atoms with Crippen LogP contribution in [0.1, 0.15) is 60.8 Å². The fourth-order valence-corrected chi connectivity index (χ4v) is 4.92. The molecular formula is C26H30N4O2. The summed E-state index contributed by atoms with van der Waals surface area (Å²) in [5.74, 6) is 2.17. The fourth-order valence-electron chi connectivity index (χ4n) is 4.92. The zero-order valence-electron chi connectivity index (χ0n) is 18.6. The number of methoxy groups -OCH3 is 1. The van der Waals surface area contributed by atoms with Crippen molar-refractivity contribution in [1.82, 2.24) is 19.9 Å². The maximum Gasteiger partial charge on any atom is 0.255 e. The molecule has 1 fully saturated rings. The van der Waals surface area contributed by atoms with Gasteiger partial charge in [-0.05, 0) is 49.2 Å². The summed E-state index contributed by atoms with van der Waals surface area (Å²) in [4.78, 5) is 28.0. The van der Waals surface area contributed by atoms with E-state index in [1.54, 1.807) is 7.11 Å². The molecule has 5 rings (SSSR count). The van der Waals surface area contributed by atoms with Crippen molar-refractivity contribution in [3.63, 3.8) is 0 Å². The van der Waals surface area contributed by atoms with Crippen LogP contribution in [0.4, 0.5) is 0 Å². The van der Waals surface area contributed by atoms with Gasteiger partial charge >= 0.3 is 0 Å². The Morgan fingerprint density at radius 2 is 1.88 bits per heavy atom. The van der Waals surface area contributed by atoms with Crippen LogP contribution in [0.2, 0.25) is 0 Å². The van der Waals surface area contributed by atoms with Crippen LogP contribution in [0, 0.1) is 0 Å². The van der Waals surface area contributed by atoms with Gasteiger partial charge in [-0.2, -0.15) is 0 Å². The molecule has 0 bridgehead atoms. The van der Waals surface area contributed by atoms with Gasteiger partial charge in [0.2, 0.25) is 0 Å². The highest BCUT2D eigenvalue weighted by molar-refractivity contribution is 5.60. The number of nitrogens with one attached hydrogen (secondary N) is 1. The number of rotatable bonds is 5. The summed E-state index contributed by atoms with van der Waals surface area (Å²) in [6.45, 7) is 2.23. The van der Waals surface area contributed by atoms with Crippen LogP contribution in [0.25, 0.3) is 11.3 Å². The van der Waals surface area contributed by atoms with Crippen LogP contribution in [-0.4, -0.2) is 33.5 Å². The van der Waals surface area contributed by atoms with Crippen molar-refractivity contribution in [2.75, 3.05) is 13.7 Å². The van der Waals surface area contributed by atoms with Crippen molar-refractivity contribution >= 4 is 0 Å². The van der Waals surface area contributed by atoms with Crippen molar-refractivity contribution in [2.45, 2.75) is 57.5 Å². The second-order valence-electron chi connectivity index (χ2n) is 8.91. The molecule has 0 radical (unpaired) electrons. The molecule has 6 nitrogen and oxygen atoms in total. The number of H-pyrrole nitrogens is 1. The van der Waals surface area contributed by atoms with Gasteiger partial charge in [0.15, 0.2) is 0 Å². The first kappa shape index (κ1) is 20.9. The number of fused-ring (bicyclic) bond motifs is 1. The summed E-state index contributed by atoms with van der Waals surface area (Å²) in [7, 11) is 1.67. The van der Waals surface area contributed by atoms with Gasteiger partial charge in [0.1, 0.15) is 11.6 Å². The molecule has 0 saturated heterocycles. The first-order valence-corrected chi connectivity index (χ1v) is 11.6. The largest absolute Gasteiger partial charge is 0.497 e. The number of hydrogen-bond acceptors (Lipinski definition) is 5. The SMILES string of the molecule is COc1ccc(-c2cccc(CN3CCc4nc(C5CCCCC5)[nH]c(=O)c4C3)n2)cc1. The molecule has 1 aliphatic heterocycles. The van der Waals surface area contributed by atoms with Crippen molar-refractivity contribution < 1.29 is 4.74 Å². The first-order valence-electron chi connectivity index (χ1n) is 11.6. The van der Waals surface area contributed by atoms with Gasteiger partial charge in [-0.1, -0.05) is 25.3 Å². The molecule has 0 spiro atoms. The summed E-state index contributed by atoms with van der Waals surface area (Å²) in [5, 5.41) is 0. The van der Waals surface area contributed by atoms with Gasteiger partial charge in [0.25, 0.3) is 5.56 Å². The maximum absolute atomic E-state index is 12.9. The minimum Gasteiger partial charge on any atom is -0.497 e. The predicted octanol–water partition coefficient (Wildman–Crippen LogP) is 4.45. The Bertz CT molecular complexity index is 1130. The van der Waals surface area contributed by atoms with E-state index in [0.717, 1.165) is 65.6 Å². The Labute approximate surface area is 188 Å². The highest BCUT2D eigenvalue weighted by Crippen LogP contribution is 2.31. The van der Waals surface area contributed by atoms with Gasteiger partial charge in [-0.3, -0.25) is 14.7 Å². The molecule has 6 heteroatoms. The van der Waals surface area contributed by atoms with Gasteiger partial charge in [0, 0.05) is 37.5 Å². The Balaban J connectivity index is 1.30. The molecule has 0 amide bonds. The molecule has 1 aromatic carbocycles. The van der Waals surface area contributed by atoms with Gasteiger partial charge in [0.05, 0.1) is 29.8 Å². The minimum absolute atomic E-state index is 0.0419. The standard InChI is InChI=1S/C26H30N4O2/c1-32-21-12-10-18(11-13-21)23-9-5-8-20(27-23)16-30-15-14-24-22(17-30)26(31)29-25(28-24)19-6-3-2-4-7-19/h5,8-13,19H,2-4,6-7,14-17H2,1H3,(H,28,29,31). The Morgan fingerprint density at radius 3 is 2.66 bits per heavy atom. The van der Waals surface area contributed by atoms with E-state index in [9.17, 15) is 4.79 Å². The smallest absolute Gasteiger partial charge is 0.255 e. The molecule has 2 aromatic heterocycles. The summed E-state index contributed by atoms with van der Waals surface area (Å²) in [6, 6.07) is 14.1. The molecule has 1 N–H and O–H groups in total. The fraction of sp³-hybridized carbons (Fsp3) is 0.423. The average molecular weight is 431 g/mol. The van der Waals surface area contributed by atoms with Crippen LogP contribution < -0.4 is 10.3 Å². The second kappa shape index (κ2) is 9.25. The highest BCUT2D eigenvalue weighted by Gasteiger charge is 2.24. The normalized spacial score (nSPS) is 17.2. The Kier molecular flexibility index (Phi) is 6.04. The van der Waals surface area contributed by atoms with Crippen LogP contribution >= 0.6 is 0 Å². The molecular weight excluding hydrogens is 400 g/mol. The van der Waals surface area contributed by atoms with E-state index in [2.05, 4.69) is 16.0 Å². The monoisotopic (exact) mass is 430 g/mol. The molecule has 32 heavy (non-hydrogen) atoms. The lowest BCUT2D eigenvalue weighted by molar-refractivity contribution is 0.238. The van der Waals surface area contributed by atoms with Crippen LogP contribution in [0.15, 0.2) is 47.3 Å². The second-order valence-corrected chi connectivity index (χ2v) is 8.91. The summed E-state index contributed by atoms with van der Waals surface area (Å²) in [5.41, 5.74) is 4.87. The van der Waals surface area contributed by atoms with Gasteiger partial charge in [-0.25, -0.2) is 4.98 Å². The number of nitrogens with zero attached hydrogens (tertiary/aromatic N) is 3. The Hall–Kier alpha value is -2.99. The molecule has 1 saturated carbocycles. The van der Waals surface area contributed by atoms with E-state index in [0.29, 0.717) is 19.0 Å². The lowest BCUT2D eigenvalue weighted by Crippen LogP contribution is -2.36. The lowest BCUT2D eigenvalue weighted by Gasteiger charge is -2.28. The third kappa shape index (κ3) is 4.46. The third-order valence-corrected chi connectivity index (χ3v) is 6.74. The number of hydrogen-bond donors (Lipinski definition) is 1. The Morgan fingerprint density at radius 1 is 1.06 bits per heavy atom. The first-order chi connectivity index (χ1) is 15.7. The van der Waals surface area contributed by atoms with Crippen LogP contribution in [0.5, 0.6) is 5.75 Å². The van der Waals surface area contributed by atoms with Gasteiger partial charge in [-0.15, -0.1) is 0 Å². The minimum atomic E-state index is 0.0419. The number of benzene rings is 1. The summed E-state index contributed by atoms with van der Waals surface area (Å²) < 4.78 is 5.25. The van der Waals surface area contributed by atoms with Crippen molar-refractivity contribution in [3.8, 4) is 17.0 Å². The highest BCUT2D eigenvalue weighted by atomic mass is 16.5. The number of ether oxygens (including phenoxy) is 1. The van der Waals surface area contributed by atoms with Gasteiger partial charge < -0.3 is 9.72 Å². The van der Waals surface area contributed by atoms with E-state index < -0.39 is 0 Å². The average Bonchev–Trinajstić information content (AvgIpc) is 2.85. The van der Waals surface area contributed by atoms with Crippen molar-refractivity contribution in [1.29, 1.82) is 0 Å². The van der Waals surface area contributed by atoms with Crippen molar-refractivity contribution in [2.24, 2.45) is 0 Å². The number of aromatic nitrogens is 3. The lowest BCUT2D eigenvalue weighted by atomic mass is 9.88. The van der Waals surface area contributed by atoms with E-state index in [1.807, 2.05) is 36.4 Å². The summed E-state index contributed by atoms with van der Waals surface area (Å²) >= 11 is 0. The number of pyridine rings is 1. The van der Waals surface area contributed by atoms with E-state index >= 15 is 0 Å². The number of aromatic amines is 1. The molecule has 0 atom stereocenters. The molecule has 0 unspecified atom stereocenters. The molecule has 166 valence electrons. The zero-order chi connectivity index (χ0) is 21.9. The van der Waals surface area contributed by atoms with E-state index in [1.165, 1.54) is 19.3 Å². The van der Waals surface area contributed by atoms with E-state index in [4.69, 9.17) is 14.7 Å². The van der Waals surface area contributed by atoms with Crippen LogP contribution in [0.3, 0.4) is 0 Å². The van der Waals surface area contributed by atoms with Crippen LogP contribution in [-0.2, 0) is 19.5 Å². The predicted molar refractivity (Wildman–Crippen MR) is 125 cm³/mol. The topological polar surface area (TPSA) is 71.1 Å². The maximum atomic E-state index is 12.9. The summed E-state index contributed by atoms with van der Waals surface area (Å²) in [6.07, 6.45) is 6.88. The molecule has 3 heterocycles. The quantitative estimate of drug-likeness (QED) is 0.648. The zero-order valence-corrected chi connectivity index (χ0v) is 18.6.